The number of halogens is 1. The summed E-state index contributed by atoms with van der Waals surface area (Å²) in [5.41, 5.74) is 0. The molecular weight excluding hydrogens is 358 g/mol. The van der Waals surface area contributed by atoms with Crippen molar-refractivity contribution in [3.8, 4) is 5.75 Å². The molecule has 1 aromatic heterocycles. The van der Waals surface area contributed by atoms with Gasteiger partial charge in [0.05, 0.1) is 0 Å². The molecule has 0 saturated carbocycles. The minimum absolute atomic E-state index is 0.0938. The van der Waals surface area contributed by atoms with Gasteiger partial charge >= 0.3 is 0 Å². The molecule has 2 rings (SSSR count). The van der Waals surface area contributed by atoms with E-state index in [1.165, 1.54) is 0 Å². The Balaban J connectivity index is 2.04. The summed E-state index contributed by atoms with van der Waals surface area (Å²) in [4.78, 5) is 14.3. The van der Waals surface area contributed by atoms with Crippen LogP contribution in [0.15, 0.2) is 45.3 Å². The molecule has 124 valence electrons. The lowest BCUT2D eigenvalue weighted by Crippen LogP contribution is -2.41. The predicted molar refractivity (Wildman–Crippen MR) is 93.6 cm³/mol. The lowest BCUT2D eigenvalue weighted by Gasteiger charge is -2.29. The minimum Gasteiger partial charge on any atom is -0.486 e. The number of furan rings is 1. The highest BCUT2D eigenvalue weighted by atomic mass is 79.9. The van der Waals surface area contributed by atoms with Crippen molar-refractivity contribution in [2.75, 3.05) is 0 Å². The topological polar surface area (TPSA) is 42.7 Å². The summed E-state index contributed by atoms with van der Waals surface area (Å²) >= 11 is 3.40. The SMILES string of the molecule is CC(C)N(C(=O)c1ccc(COc2cccc(Br)c2)o1)C(C)C. The Morgan fingerprint density at radius 2 is 1.87 bits per heavy atom. The van der Waals surface area contributed by atoms with Crippen LogP contribution in [0, 0.1) is 0 Å². The summed E-state index contributed by atoms with van der Waals surface area (Å²) in [6.45, 7) is 8.28. The smallest absolute Gasteiger partial charge is 0.290 e. The average Bonchev–Trinajstić information content (AvgIpc) is 2.93. The van der Waals surface area contributed by atoms with E-state index in [1.807, 2.05) is 52.0 Å². The molecule has 0 fully saturated rings. The average molecular weight is 380 g/mol. The molecule has 1 aromatic carbocycles. The second kappa shape index (κ2) is 7.68. The Labute approximate surface area is 145 Å². The predicted octanol–water partition coefficient (Wildman–Crippen LogP) is 4.88. The van der Waals surface area contributed by atoms with Gasteiger partial charge in [0, 0.05) is 16.6 Å². The number of benzene rings is 1. The zero-order valence-corrected chi connectivity index (χ0v) is 15.5. The van der Waals surface area contributed by atoms with Crippen molar-refractivity contribution in [2.45, 2.75) is 46.4 Å². The summed E-state index contributed by atoms with van der Waals surface area (Å²) < 4.78 is 12.3. The Hall–Kier alpha value is -1.75. The van der Waals surface area contributed by atoms with Crippen molar-refractivity contribution in [2.24, 2.45) is 0 Å². The Morgan fingerprint density at radius 3 is 2.48 bits per heavy atom. The van der Waals surface area contributed by atoms with Crippen LogP contribution in [0.4, 0.5) is 0 Å². The van der Waals surface area contributed by atoms with Crippen LogP contribution < -0.4 is 4.74 Å². The molecule has 1 amide bonds. The second-order valence-corrected chi connectivity index (χ2v) is 6.83. The highest BCUT2D eigenvalue weighted by Gasteiger charge is 2.24. The number of rotatable bonds is 6. The van der Waals surface area contributed by atoms with E-state index in [1.54, 1.807) is 17.0 Å². The Morgan fingerprint density at radius 1 is 1.17 bits per heavy atom. The van der Waals surface area contributed by atoms with Crippen molar-refractivity contribution < 1.29 is 13.9 Å². The van der Waals surface area contributed by atoms with Crippen molar-refractivity contribution in [3.05, 3.63) is 52.4 Å². The van der Waals surface area contributed by atoms with Crippen molar-refractivity contribution in [1.82, 2.24) is 4.90 Å². The first-order valence-electron chi connectivity index (χ1n) is 7.68. The number of hydrogen-bond donors (Lipinski definition) is 0. The molecule has 0 aliphatic heterocycles. The fourth-order valence-corrected chi connectivity index (χ4v) is 2.85. The molecule has 0 spiro atoms. The number of carbonyl (C=O) groups excluding carboxylic acids is 1. The lowest BCUT2D eigenvalue weighted by atomic mass is 10.2. The van der Waals surface area contributed by atoms with Crippen LogP contribution in [0.1, 0.15) is 44.0 Å². The van der Waals surface area contributed by atoms with Crippen molar-refractivity contribution in [3.63, 3.8) is 0 Å². The summed E-state index contributed by atoms with van der Waals surface area (Å²) in [6.07, 6.45) is 0. The summed E-state index contributed by atoms with van der Waals surface area (Å²) in [6, 6.07) is 11.3. The first kappa shape index (κ1) is 17.6. The second-order valence-electron chi connectivity index (χ2n) is 5.91. The fraction of sp³-hybridized carbons (Fsp3) is 0.389. The van der Waals surface area contributed by atoms with Crippen LogP contribution in [-0.4, -0.2) is 22.9 Å². The van der Waals surface area contributed by atoms with Gasteiger partial charge in [-0.1, -0.05) is 22.0 Å². The molecule has 0 atom stereocenters. The van der Waals surface area contributed by atoms with Crippen molar-refractivity contribution >= 4 is 21.8 Å². The molecule has 5 heteroatoms. The molecule has 1 heterocycles. The van der Waals surface area contributed by atoms with Gasteiger partial charge in [0.15, 0.2) is 5.76 Å². The van der Waals surface area contributed by atoms with Crippen LogP contribution in [0.25, 0.3) is 0 Å². The number of nitrogens with zero attached hydrogens (tertiary/aromatic N) is 1. The van der Waals surface area contributed by atoms with Gasteiger partial charge < -0.3 is 14.1 Å². The summed E-state index contributed by atoms with van der Waals surface area (Å²) in [7, 11) is 0. The number of ether oxygens (including phenoxy) is 1. The first-order chi connectivity index (χ1) is 10.9. The van der Waals surface area contributed by atoms with Gasteiger partial charge in [-0.3, -0.25) is 4.79 Å². The molecule has 0 N–H and O–H groups in total. The van der Waals surface area contributed by atoms with Crippen LogP contribution in [0.2, 0.25) is 0 Å². The molecule has 2 aromatic rings. The molecule has 0 radical (unpaired) electrons. The van der Waals surface area contributed by atoms with E-state index in [2.05, 4.69) is 15.9 Å². The maximum atomic E-state index is 12.5. The summed E-state index contributed by atoms with van der Waals surface area (Å²) in [5.74, 6) is 1.62. The van der Waals surface area contributed by atoms with E-state index >= 15 is 0 Å². The Bertz CT molecular complexity index is 656. The molecule has 0 unspecified atom stereocenters. The van der Waals surface area contributed by atoms with Gasteiger partial charge in [0.1, 0.15) is 18.1 Å². The third kappa shape index (κ3) is 4.61. The number of amides is 1. The first-order valence-corrected chi connectivity index (χ1v) is 8.47. The third-order valence-corrected chi connectivity index (χ3v) is 3.89. The van der Waals surface area contributed by atoms with Crippen LogP contribution in [-0.2, 0) is 6.61 Å². The highest BCUT2D eigenvalue weighted by Crippen LogP contribution is 2.20. The van der Waals surface area contributed by atoms with E-state index in [9.17, 15) is 4.79 Å². The van der Waals surface area contributed by atoms with E-state index < -0.39 is 0 Å². The highest BCUT2D eigenvalue weighted by molar-refractivity contribution is 9.10. The van der Waals surface area contributed by atoms with E-state index in [0.29, 0.717) is 11.5 Å². The molecule has 0 saturated heterocycles. The van der Waals surface area contributed by atoms with Gasteiger partial charge in [-0.15, -0.1) is 0 Å². The molecular formula is C18H22BrNO3. The Kier molecular flexibility index (Phi) is 5.88. The molecule has 0 aliphatic carbocycles. The molecule has 4 nitrogen and oxygen atoms in total. The molecule has 0 bridgehead atoms. The van der Waals surface area contributed by atoms with Gasteiger partial charge in [-0.25, -0.2) is 0 Å². The van der Waals surface area contributed by atoms with Crippen LogP contribution in [0.5, 0.6) is 5.75 Å². The minimum atomic E-state index is -0.0938. The monoisotopic (exact) mass is 379 g/mol. The maximum Gasteiger partial charge on any atom is 0.290 e. The fourth-order valence-electron chi connectivity index (χ4n) is 2.47. The van der Waals surface area contributed by atoms with E-state index in [-0.39, 0.29) is 24.6 Å². The number of carbonyl (C=O) groups is 1. The van der Waals surface area contributed by atoms with Crippen LogP contribution >= 0.6 is 15.9 Å². The van der Waals surface area contributed by atoms with E-state index in [4.69, 9.17) is 9.15 Å². The largest absolute Gasteiger partial charge is 0.486 e. The van der Waals surface area contributed by atoms with Gasteiger partial charge in [-0.05, 0) is 58.0 Å². The van der Waals surface area contributed by atoms with E-state index in [0.717, 1.165) is 10.2 Å². The van der Waals surface area contributed by atoms with Crippen LogP contribution in [0.3, 0.4) is 0 Å². The van der Waals surface area contributed by atoms with Crippen molar-refractivity contribution in [1.29, 1.82) is 0 Å². The summed E-state index contributed by atoms with van der Waals surface area (Å²) in [5, 5.41) is 0. The zero-order chi connectivity index (χ0) is 17.0. The van der Waals surface area contributed by atoms with Gasteiger partial charge in [0.2, 0.25) is 0 Å². The zero-order valence-electron chi connectivity index (χ0n) is 13.9. The molecule has 23 heavy (non-hydrogen) atoms. The quantitative estimate of drug-likeness (QED) is 0.717. The maximum absolute atomic E-state index is 12.5. The lowest BCUT2D eigenvalue weighted by molar-refractivity contribution is 0.0606. The number of hydrogen-bond acceptors (Lipinski definition) is 3. The third-order valence-electron chi connectivity index (χ3n) is 3.40. The van der Waals surface area contributed by atoms with Gasteiger partial charge in [-0.2, -0.15) is 0 Å². The normalized spacial score (nSPS) is 11.1. The van der Waals surface area contributed by atoms with Gasteiger partial charge in [0.25, 0.3) is 5.91 Å². The molecule has 0 aliphatic rings. The standard InChI is InChI=1S/C18H22BrNO3/c1-12(2)20(13(3)4)18(21)17-9-8-16(23-17)11-22-15-7-5-6-14(19)10-15/h5-10,12-13H,11H2,1-4H3.